The number of hydrogen-bond donors (Lipinski definition) is 2. The van der Waals surface area contributed by atoms with E-state index < -0.39 is 0 Å². The second-order valence-corrected chi connectivity index (χ2v) is 6.17. The van der Waals surface area contributed by atoms with Gasteiger partial charge < -0.3 is 10.6 Å². The summed E-state index contributed by atoms with van der Waals surface area (Å²) in [6.07, 6.45) is 7.22. The van der Waals surface area contributed by atoms with Crippen LogP contribution in [0.5, 0.6) is 0 Å². The summed E-state index contributed by atoms with van der Waals surface area (Å²) in [4.78, 5) is 12.1. The van der Waals surface area contributed by atoms with Crippen LogP contribution in [0.25, 0.3) is 0 Å². The molecule has 0 saturated heterocycles. The molecular formula is C18H24N2O. The first-order valence-corrected chi connectivity index (χ1v) is 8.03. The van der Waals surface area contributed by atoms with Crippen molar-refractivity contribution in [2.24, 2.45) is 5.92 Å². The highest BCUT2D eigenvalue weighted by atomic mass is 16.1. The quantitative estimate of drug-likeness (QED) is 0.832. The molecule has 1 heterocycles. The van der Waals surface area contributed by atoms with Crippen LogP contribution in [0.3, 0.4) is 0 Å². The van der Waals surface area contributed by atoms with Gasteiger partial charge in [0.25, 0.3) is 0 Å². The van der Waals surface area contributed by atoms with Crippen molar-refractivity contribution in [3.05, 3.63) is 47.0 Å². The van der Waals surface area contributed by atoms with Crippen molar-refractivity contribution in [2.45, 2.75) is 32.1 Å². The Hall–Kier alpha value is -1.61. The van der Waals surface area contributed by atoms with Crippen molar-refractivity contribution in [1.29, 1.82) is 0 Å². The third-order valence-corrected chi connectivity index (χ3v) is 4.59. The molecule has 2 aliphatic rings. The average molecular weight is 284 g/mol. The van der Waals surface area contributed by atoms with E-state index in [-0.39, 0.29) is 5.91 Å². The van der Waals surface area contributed by atoms with Gasteiger partial charge in [0.2, 0.25) is 5.91 Å². The zero-order valence-electron chi connectivity index (χ0n) is 12.5. The Kier molecular flexibility index (Phi) is 4.71. The van der Waals surface area contributed by atoms with Crippen LogP contribution in [-0.2, 0) is 17.6 Å². The van der Waals surface area contributed by atoms with Gasteiger partial charge in [0.15, 0.2) is 0 Å². The maximum Gasteiger partial charge on any atom is 0.220 e. The molecule has 0 radical (unpaired) electrons. The molecule has 3 rings (SSSR count). The summed E-state index contributed by atoms with van der Waals surface area (Å²) in [5, 5.41) is 6.38. The van der Waals surface area contributed by atoms with Gasteiger partial charge in [-0.3, -0.25) is 4.79 Å². The lowest BCUT2D eigenvalue weighted by Gasteiger charge is -2.24. The molecule has 0 fully saturated rings. The van der Waals surface area contributed by atoms with Gasteiger partial charge in [-0.1, -0.05) is 35.9 Å². The standard InChI is InChI=1S/C18H24N2O/c21-18(20-13-14-7-9-19-10-8-14)12-15-5-6-16-3-1-2-4-17(16)11-15/h1-4,7,15,19H,5-6,8-13H2,(H,20,21). The molecule has 0 spiro atoms. The maximum absolute atomic E-state index is 12.1. The van der Waals surface area contributed by atoms with Crippen molar-refractivity contribution in [2.75, 3.05) is 19.6 Å². The second-order valence-electron chi connectivity index (χ2n) is 6.17. The monoisotopic (exact) mass is 284 g/mol. The zero-order chi connectivity index (χ0) is 14.5. The summed E-state index contributed by atoms with van der Waals surface area (Å²) in [6.45, 7) is 2.69. The van der Waals surface area contributed by atoms with Gasteiger partial charge in [-0.05, 0) is 49.3 Å². The Morgan fingerprint density at radius 2 is 2.10 bits per heavy atom. The summed E-state index contributed by atoms with van der Waals surface area (Å²) < 4.78 is 0. The van der Waals surface area contributed by atoms with Crippen LogP contribution in [0.2, 0.25) is 0 Å². The third kappa shape index (κ3) is 3.94. The lowest BCUT2D eigenvalue weighted by molar-refractivity contribution is -0.121. The predicted molar refractivity (Wildman–Crippen MR) is 85.2 cm³/mol. The smallest absolute Gasteiger partial charge is 0.220 e. The Balaban J connectivity index is 1.46. The Labute approximate surface area is 126 Å². The number of carbonyl (C=O) groups excluding carboxylic acids is 1. The van der Waals surface area contributed by atoms with Gasteiger partial charge in [-0.15, -0.1) is 0 Å². The first-order chi connectivity index (χ1) is 10.3. The Morgan fingerprint density at radius 1 is 1.24 bits per heavy atom. The van der Waals surface area contributed by atoms with Gasteiger partial charge >= 0.3 is 0 Å². The number of rotatable bonds is 4. The molecule has 21 heavy (non-hydrogen) atoms. The van der Waals surface area contributed by atoms with Gasteiger partial charge in [0.05, 0.1) is 0 Å². The van der Waals surface area contributed by atoms with Crippen molar-refractivity contribution < 1.29 is 4.79 Å². The molecule has 1 amide bonds. The summed E-state index contributed by atoms with van der Waals surface area (Å²) >= 11 is 0. The average Bonchev–Trinajstić information content (AvgIpc) is 2.54. The number of nitrogens with one attached hydrogen (secondary N) is 2. The zero-order valence-corrected chi connectivity index (χ0v) is 12.5. The molecule has 1 aromatic rings. The predicted octanol–water partition coefficient (Wildman–Crippen LogP) is 2.22. The summed E-state index contributed by atoms with van der Waals surface area (Å²) in [5.74, 6) is 0.709. The van der Waals surface area contributed by atoms with Crippen molar-refractivity contribution in [3.8, 4) is 0 Å². The molecule has 1 unspecified atom stereocenters. The molecule has 3 nitrogen and oxygen atoms in total. The number of benzene rings is 1. The van der Waals surface area contributed by atoms with E-state index in [4.69, 9.17) is 0 Å². The first kappa shape index (κ1) is 14.3. The van der Waals surface area contributed by atoms with Crippen molar-refractivity contribution in [3.63, 3.8) is 0 Å². The fraction of sp³-hybridized carbons (Fsp3) is 0.500. The van der Waals surface area contributed by atoms with Crippen LogP contribution in [0.15, 0.2) is 35.9 Å². The van der Waals surface area contributed by atoms with Gasteiger partial charge in [-0.2, -0.15) is 0 Å². The lowest BCUT2D eigenvalue weighted by atomic mass is 9.82. The summed E-state index contributed by atoms with van der Waals surface area (Å²) in [6, 6.07) is 8.64. The topological polar surface area (TPSA) is 41.1 Å². The minimum atomic E-state index is 0.207. The van der Waals surface area contributed by atoms with Crippen LogP contribution >= 0.6 is 0 Å². The summed E-state index contributed by atoms with van der Waals surface area (Å²) in [5.41, 5.74) is 4.26. The van der Waals surface area contributed by atoms with Crippen LogP contribution in [0.4, 0.5) is 0 Å². The van der Waals surface area contributed by atoms with E-state index in [2.05, 4.69) is 41.0 Å². The molecule has 2 N–H and O–H groups in total. The first-order valence-electron chi connectivity index (χ1n) is 8.03. The molecule has 0 bridgehead atoms. The number of fused-ring (bicyclic) bond motifs is 1. The molecule has 112 valence electrons. The summed E-state index contributed by atoms with van der Waals surface area (Å²) in [7, 11) is 0. The highest BCUT2D eigenvalue weighted by Crippen LogP contribution is 2.27. The van der Waals surface area contributed by atoms with E-state index in [0.29, 0.717) is 12.3 Å². The molecule has 1 aliphatic heterocycles. The van der Waals surface area contributed by atoms with Gasteiger partial charge in [0.1, 0.15) is 0 Å². The van der Waals surface area contributed by atoms with Crippen molar-refractivity contribution in [1.82, 2.24) is 10.6 Å². The molecule has 1 aromatic carbocycles. The van der Waals surface area contributed by atoms with E-state index in [0.717, 1.165) is 45.3 Å². The van der Waals surface area contributed by atoms with Gasteiger partial charge in [-0.25, -0.2) is 0 Å². The van der Waals surface area contributed by atoms with Crippen LogP contribution < -0.4 is 10.6 Å². The highest BCUT2D eigenvalue weighted by molar-refractivity contribution is 5.76. The number of carbonyl (C=O) groups is 1. The van der Waals surface area contributed by atoms with E-state index in [9.17, 15) is 4.79 Å². The molecule has 1 aliphatic carbocycles. The van der Waals surface area contributed by atoms with Gasteiger partial charge in [0, 0.05) is 19.5 Å². The van der Waals surface area contributed by atoms with Crippen molar-refractivity contribution >= 4 is 5.91 Å². The van der Waals surface area contributed by atoms with E-state index in [1.807, 2.05) is 0 Å². The molecular weight excluding hydrogens is 260 g/mol. The Morgan fingerprint density at radius 3 is 2.90 bits per heavy atom. The largest absolute Gasteiger partial charge is 0.352 e. The third-order valence-electron chi connectivity index (χ3n) is 4.59. The lowest BCUT2D eigenvalue weighted by Crippen LogP contribution is -2.31. The second kappa shape index (κ2) is 6.90. The van der Waals surface area contributed by atoms with E-state index >= 15 is 0 Å². The maximum atomic E-state index is 12.1. The van der Waals surface area contributed by atoms with E-state index in [1.165, 1.54) is 16.7 Å². The SMILES string of the molecule is O=C(CC1CCc2ccccc2C1)NCC1=CCNCC1. The highest BCUT2D eigenvalue weighted by Gasteiger charge is 2.20. The van der Waals surface area contributed by atoms with Crippen LogP contribution in [0.1, 0.15) is 30.4 Å². The number of aryl methyl sites for hydroxylation is 1. The number of hydrogen-bond acceptors (Lipinski definition) is 2. The van der Waals surface area contributed by atoms with E-state index in [1.54, 1.807) is 0 Å². The minimum Gasteiger partial charge on any atom is -0.352 e. The fourth-order valence-corrected chi connectivity index (χ4v) is 3.32. The normalized spacial score (nSPS) is 21.3. The molecule has 1 atom stereocenters. The fourth-order valence-electron chi connectivity index (χ4n) is 3.32. The number of amides is 1. The Bertz CT molecular complexity index is 536. The molecule has 0 aromatic heterocycles. The van der Waals surface area contributed by atoms with Crippen LogP contribution in [0, 0.1) is 5.92 Å². The molecule has 3 heteroatoms. The molecule has 0 saturated carbocycles. The minimum absolute atomic E-state index is 0.207. The van der Waals surface area contributed by atoms with Crippen LogP contribution in [-0.4, -0.2) is 25.5 Å².